The molecule has 206 valence electrons. The van der Waals surface area contributed by atoms with Crippen molar-refractivity contribution in [1.29, 1.82) is 0 Å². The van der Waals surface area contributed by atoms with Crippen LogP contribution in [-0.2, 0) is 25.8 Å². The minimum atomic E-state index is -4.80. The predicted molar refractivity (Wildman–Crippen MR) is 136 cm³/mol. The second kappa shape index (κ2) is 11.0. The lowest BCUT2D eigenvalue weighted by Gasteiger charge is -2.32. The summed E-state index contributed by atoms with van der Waals surface area (Å²) < 4.78 is 83.5. The minimum absolute atomic E-state index is 0.0116. The molecule has 0 N–H and O–H groups in total. The van der Waals surface area contributed by atoms with Crippen molar-refractivity contribution in [1.82, 2.24) is 14.5 Å². The van der Waals surface area contributed by atoms with Gasteiger partial charge >= 0.3 is 12.4 Å². The summed E-state index contributed by atoms with van der Waals surface area (Å²) in [7, 11) is 0. The average molecular weight is 579 g/mol. The number of benzene rings is 2. The Morgan fingerprint density at radius 1 is 0.947 bits per heavy atom. The first-order chi connectivity index (χ1) is 17.7. The highest BCUT2D eigenvalue weighted by atomic mass is 35.5. The molecule has 0 radical (unpaired) electrons. The van der Waals surface area contributed by atoms with Gasteiger partial charge in [-0.3, -0.25) is 4.90 Å². The van der Waals surface area contributed by atoms with E-state index in [1.165, 1.54) is 9.47 Å². The molecule has 38 heavy (non-hydrogen) atoms. The van der Waals surface area contributed by atoms with Crippen LogP contribution in [0.5, 0.6) is 0 Å². The molecule has 4 nitrogen and oxygen atoms in total. The second-order valence-electron chi connectivity index (χ2n) is 9.48. The maximum atomic E-state index is 14.2. The standard InChI is InChI=1S/C26H26Cl2F6N4/c1-16-12-17(2)22(20(28)13-16)38-10-3-9-37-21(23(26(32,33)34)35-24(37)38)15-36(11-8-25(29,30)31)14-18-4-6-19(27)7-5-18/h4-7,12-13H,3,8-11,14-15H2,1-2H3. The molecule has 0 spiro atoms. The van der Waals surface area contributed by atoms with Crippen LogP contribution in [0.25, 0.3) is 0 Å². The maximum absolute atomic E-state index is 14.2. The third-order valence-electron chi connectivity index (χ3n) is 6.40. The molecular formula is C26H26Cl2F6N4. The Morgan fingerprint density at radius 2 is 1.63 bits per heavy atom. The quantitative estimate of drug-likeness (QED) is 0.263. The molecule has 1 aliphatic rings. The van der Waals surface area contributed by atoms with E-state index in [0.29, 0.717) is 34.3 Å². The van der Waals surface area contributed by atoms with Crippen LogP contribution in [0.15, 0.2) is 36.4 Å². The van der Waals surface area contributed by atoms with Crippen LogP contribution in [0.1, 0.15) is 40.9 Å². The first-order valence-corrected chi connectivity index (χ1v) is 12.7. The summed E-state index contributed by atoms with van der Waals surface area (Å²) in [5.41, 5.74) is 1.63. The zero-order valence-electron chi connectivity index (χ0n) is 20.7. The number of rotatable bonds is 7. The van der Waals surface area contributed by atoms with Crippen LogP contribution in [0.2, 0.25) is 10.0 Å². The Bertz CT molecular complexity index is 1260. The molecule has 0 amide bonds. The number of aromatic nitrogens is 2. The molecule has 0 saturated carbocycles. The van der Waals surface area contributed by atoms with Crippen molar-refractivity contribution in [2.45, 2.75) is 58.7 Å². The van der Waals surface area contributed by atoms with Gasteiger partial charge in [0.15, 0.2) is 5.69 Å². The molecule has 0 atom stereocenters. The van der Waals surface area contributed by atoms with E-state index in [0.717, 1.165) is 11.1 Å². The molecular weight excluding hydrogens is 553 g/mol. The molecule has 0 saturated heterocycles. The van der Waals surface area contributed by atoms with Crippen molar-refractivity contribution < 1.29 is 26.3 Å². The smallest absolute Gasteiger partial charge is 0.312 e. The Hall–Kier alpha value is -2.43. The van der Waals surface area contributed by atoms with Gasteiger partial charge in [-0.15, -0.1) is 0 Å². The number of hydrogen-bond donors (Lipinski definition) is 0. The fourth-order valence-electron chi connectivity index (χ4n) is 4.81. The lowest BCUT2D eigenvalue weighted by Crippen LogP contribution is -2.32. The van der Waals surface area contributed by atoms with Gasteiger partial charge in [0.05, 0.1) is 22.8 Å². The van der Waals surface area contributed by atoms with E-state index in [1.807, 2.05) is 19.9 Å². The van der Waals surface area contributed by atoms with E-state index < -0.39 is 31.0 Å². The normalized spacial score (nSPS) is 14.3. The average Bonchev–Trinajstić information content (AvgIpc) is 3.17. The highest BCUT2D eigenvalue weighted by Gasteiger charge is 2.41. The first kappa shape index (κ1) is 28.6. The van der Waals surface area contributed by atoms with Gasteiger partial charge in [0, 0.05) is 37.7 Å². The van der Waals surface area contributed by atoms with Crippen LogP contribution in [-0.4, -0.2) is 33.7 Å². The molecule has 4 rings (SSSR count). The minimum Gasteiger partial charge on any atom is -0.312 e. The van der Waals surface area contributed by atoms with E-state index in [9.17, 15) is 26.3 Å². The number of aryl methyl sites for hydroxylation is 2. The van der Waals surface area contributed by atoms with Crippen LogP contribution in [0.3, 0.4) is 0 Å². The van der Waals surface area contributed by atoms with E-state index in [4.69, 9.17) is 23.2 Å². The second-order valence-corrected chi connectivity index (χ2v) is 10.3. The number of imidazole rings is 1. The van der Waals surface area contributed by atoms with Crippen LogP contribution < -0.4 is 4.90 Å². The number of nitrogens with zero attached hydrogens (tertiary/aromatic N) is 4. The lowest BCUT2D eigenvalue weighted by molar-refractivity contribution is -0.143. The van der Waals surface area contributed by atoms with E-state index >= 15 is 0 Å². The molecule has 2 heterocycles. The number of halogens is 8. The van der Waals surface area contributed by atoms with Crippen molar-refractivity contribution in [3.05, 3.63) is 74.5 Å². The third-order valence-corrected chi connectivity index (χ3v) is 6.94. The zero-order chi connectivity index (χ0) is 27.8. The Balaban J connectivity index is 1.76. The van der Waals surface area contributed by atoms with Gasteiger partial charge in [-0.2, -0.15) is 26.3 Å². The summed E-state index contributed by atoms with van der Waals surface area (Å²) in [6, 6.07) is 10.1. The third kappa shape index (κ3) is 6.58. The van der Waals surface area contributed by atoms with Gasteiger partial charge in [-0.25, -0.2) is 4.98 Å². The van der Waals surface area contributed by atoms with Gasteiger partial charge in [0.25, 0.3) is 0 Å². The molecule has 3 aromatic rings. The molecule has 1 aromatic heterocycles. The van der Waals surface area contributed by atoms with Crippen molar-refractivity contribution in [2.75, 3.05) is 18.0 Å². The highest BCUT2D eigenvalue weighted by Crippen LogP contribution is 2.41. The Labute approximate surface area is 226 Å². The first-order valence-electron chi connectivity index (χ1n) is 12.0. The maximum Gasteiger partial charge on any atom is 0.435 e. The molecule has 0 aliphatic carbocycles. The monoisotopic (exact) mass is 578 g/mol. The van der Waals surface area contributed by atoms with Gasteiger partial charge in [0.2, 0.25) is 5.95 Å². The fraction of sp³-hybridized carbons (Fsp3) is 0.423. The predicted octanol–water partition coefficient (Wildman–Crippen LogP) is 8.32. The van der Waals surface area contributed by atoms with E-state index in [2.05, 4.69) is 4.98 Å². The van der Waals surface area contributed by atoms with Gasteiger partial charge in [-0.1, -0.05) is 41.4 Å². The topological polar surface area (TPSA) is 24.3 Å². The number of fused-ring (bicyclic) bond motifs is 1. The summed E-state index contributed by atoms with van der Waals surface area (Å²) in [6.07, 6.45) is -9.91. The van der Waals surface area contributed by atoms with E-state index in [-0.39, 0.29) is 31.3 Å². The molecule has 0 unspecified atom stereocenters. The SMILES string of the molecule is Cc1cc(C)c(N2CCCn3c2nc(C(F)(F)F)c3CN(CCC(F)(F)F)Cc2ccc(Cl)cc2)c(Cl)c1. The van der Waals surface area contributed by atoms with Crippen LogP contribution in [0, 0.1) is 13.8 Å². The fourth-order valence-corrected chi connectivity index (χ4v) is 5.36. The van der Waals surface area contributed by atoms with Gasteiger partial charge in [-0.05, 0) is 55.2 Å². The van der Waals surface area contributed by atoms with Crippen molar-refractivity contribution in [3.63, 3.8) is 0 Å². The van der Waals surface area contributed by atoms with Crippen molar-refractivity contribution in [3.8, 4) is 0 Å². The molecule has 0 bridgehead atoms. The number of alkyl halides is 6. The summed E-state index contributed by atoms with van der Waals surface area (Å²) in [4.78, 5) is 7.03. The van der Waals surface area contributed by atoms with Crippen molar-refractivity contribution >= 4 is 34.8 Å². The summed E-state index contributed by atoms with van der Waals surface area (Å²) in [5, 5.41) is 0.841. The molecule has 2 aromatic carbocycles. The number of hydrogen-bond acceptors (Lipinski definition) is 3. The Kier molecular flexibility index (Phi) is 8.26. The largest absolute Gasteiger partial charge is 0.435 e. The van der Waals surface area contributed by atoms with Gasteiger partial charge in [0.1, 0.15) is 0 Å². The lowest BCUT2D eigenvalue weighted by atomic mass is 10.1. The van der Waals surface area contributed by atoms with Gasteiger partial charge < -0.3 is 9.47 Å². The Morgan fingerprint density at radius 3 is 2.24 bits per heavy atom. The molecule has 12 heteroatoms. The van der Waals surface area contributed by atoms with Crippen molar-refractivity contribution in [2.24, 2.45) is 0 Å². The van der Waals surface area contributed by atoms with E-state index in [1.54, 1.807) is 35.2 Å². The zero-order valence-corrected chi connectivity index (χ0v) is 22.2. The molecule has 1 aliphatic heterocycles. The number of anilines is 2. The summed E-state index contributed by atoms with van der Waals surface area (Å²) in [5.74, 6) is 0.0784. The highest BCUT2D eigenvalue weighted by molar-refractivity contribution is 6.33. The van der Waals surface area contributed by atoms with Crippen LogP contribution in [0.4, 0.5) is 38.0 Å². The van der Waals surface area contributed by atoms with Crippen LogP contribution >= 0.6 is 23.2 Å². The summed E-state index contributed by atoms with van der Waals surface area (Å²) >= 11 is 12.4. The summed E-state index contributed by atoms with van der Waals surface area (Å²) in [6.45, 7) is 3.52. The molecule has 0 fully saturated rings.